The molecular formula is C27H32N2O3. The minimum Gasteiger partial charge on any atom is -0.460 e. The summed E-state index contributed by atoms with van der Waals surface area (Å²) in [5.74, 6) is -0.173. The Kier molecular flexibility index (Phi) is 5.93. The number of rotatable bonds is 3. The van der Waals surface area contributed by atoms with Gasteiger partial charge in [-0.1, -0.05) is 47.6 Å². The minimum absolute atomic E-state index is 0.0552. The largest absolute Gasteiger partial charge is 0.460 e. The van der Waals surface area contributed by atoms with Crippen LogP contribution in [0.5, 0.6) is 0 Å². The van der Waals surface area contributed by atoms with Crippen LogP contribution in [-0.4, -0.2) is 15.5 Å². The lowest BCUT2D eigenvalue weighted by Gasteiger charge is -2.24. The van der Waals surface area contributed by atoms with E-state index in [0.29, 0.717) is 24.4 Å². The van der Waals surface area contributed by atoms with Crippen LogP contribution in [0.25, 0.3) is 22.3 Å². The van der Waals surface area contributed by atoms with Crippen LogP contribution in [0.1, 0.15) is 87.6 Å². The van der Waals surface area contributed by atoms with Gasteiger partial charge in [0, 0.05) is 10.9 Å². The number of aromatic nitrogens is 2. The number of carbonyl (C=O) groups is 1. The van der Waals surface area contributed by atoms with Crippen molar-refractivity contribution in [1.82, 2.24) is 9.55 Å². The third-order valence-corrected chi connectivity index (χ3v) is 6.67. The van der Waals surface area contributed by atoms with E-state index >= 15 is 0 Å². The second kappa shape index (κ2) is 8.53. The molecule has 2 aromatic heterocycles. The van der Waals surface area contributed by atoms with E-state index in [2.05, 4.69) is 39.0 Å². The molecule has 0 unspecified atom stereocenters. The summed E-state index contributed by atoms with van der Waals surface area (Å²) < 4.78 is 7.11. The number of carbonyl (C=O) groups excluding carboxylic acids is 1. The molecule has 5 heteroatoms. The number of benzene rings is 1. The predicted molar refractivity (Wildman–Crippen MR) is 128 cm³/mol. The van der Waals surface area contributed by atoms with Gasteiger partial charge in [0.05, 0.1) is 34.9 Å². The first-order valence-electron chi connectivity index (χ1n) is 11.8. The number of aryl methyl sites for hydroxylation is 1. The Morgan fingerprint density at radius 3 is 2.53 bits per heavy atom. The Hall–Kier alpha value is -2.95. The van der Waals surface area contributed by atoms with Gasteiger partial charge in [-0.05, 0) is 53.6 Å². The molecule has 0 amide bonds. The highest BCUT2D eigenvalue weighted by atomic mass is 16.5. The molecule has 32 heavy (non-hydrogen) atoms. The molecule has 0 aliphatic carbocycles. The van der Waals surface area contributed by atoms with Gasteiger partial charge < -0.3 is 9.30 Å². The van der Waals surface area contributed by atoms with Gasteiger partial charge in [0.1, 0.15) is 6.61 Å². The van der Waals surface area contributed by atoms with E-state index in [1.54, 1.807) is 0 Å². The maximum Gasteiger partial charge on any atom is 0.313 e. The fourth-order valence-electron chi connectivity index (χ4n) is 4.96. The van der Waals surface area contributed by atoms with Gasteiger partial charge in [-0.25, -0.2) is 4.98 Å². The van der Waals surface area contributed by atoms with Crippen LogP contribution < -0.4 is 5.56 Å². The number of fused-ring (bicyclic) bond motifs is 5. The fraction of sp³-hybridized carbons (Fsp3) is 0.444. The van der Waals surface area contributed by atoms with E-state index in [1.165, 1.54) is 16.5 Å². The van der Waals surface area contributed by atoms with Gasteiger partial charge in [-0.15, -0.1) is 0 Å². The number of hydrogen-bond donors (Lipinski definition) is 0. The van der Waals surface area contributed by atoms with Crippen LogP contribution in [0.3, 0.4) is 0 Å². The molecule has 0 radical (unpaired) electrons. The van der Waals surface area contributed by atoms with Crippen LogP contribution in [-0.2, 0) is 29.1 Å². The summed E-state index contributed by atoms with van der Waals surface area (Å²) in [6.45, 7) is 13.1. The van der Waals surface area contributed by atoms with Crippen molar-refractivity contribution in [1.29, 1.82) is 0 Å². The summed E-state index contributed by atoms with van der Waals surface area (Å²) in [6, 6.07) is 8.50. The molecule has 0 bridgehead atoms. The van der Waals surface area contributed by atoms with Crippen molar-refractivity contribution >= 4 is 16.9 Å². The highest BCUT2D eigenvalue weighted by Gasteiger charge is 2.34. The summed E-state index contributed by atoms with van der Waals surface area (Å²) in [7, 11) is 0. The van der Waals surface area contributed by atoms with Gasteiger partial charge in [0.25, 0.3) is 5.56 Å². The van der Waals surface area contributed by atoms with E-state index in [0.717, 1.165) is 34.5 Å². The molecule has 0 fully saturated rings. The quantitative estimate of drug-likeness (QED) is 0.390. The molecule has 1 aromatic carbocycles. The van der Waals surface area contributed by atoms with E-state index in [4.69, 9.17) is 9.72 Å². The second-order valence-electron chi connectivity index (χ2n) is 8.63. The van der Waals surface area contributed by atoms with Crippen LogP contribution in [0, 0.1) is 0 Å². The van der Waals surface area contributed by atoms with Crippen LogP contribution in [0.4, 0.5) is 0 Å². The summed E-state index contributed by atoms with van der Waals surface area (Å²) in [5.41, 5.74) is 7.72. The van der Waals surface area contributed by atoms with Crippen LogP contribution >= 0.6 is 0 Å². The Morgan fingerprint density at radius 1 is 1.12 bits per heavy atom. The average molecular weight is 433 g/mol. The van der Waals surface area contributed by atoms with Gasteiger partial charge in [0.15, 0.2) is 0 Å². The highest BCUT2D eigenvalue weighted by molar-refractivity contribution is 5.89. The topological polar surface area (TPSA) is 61.2 Å². The molecule has 0 saturated heterocycles. The first kappa shape index (κ1) is 22.3. The Balaban J connectivity index is 0.00000119. The SMILES string of the molecule is CC.CCc1c2c(nc3ccc(C(C)C)cc13)-c1cc3c(c(=O)n1C2)COC(=O)[C@@H]3CC. The second-order valence-corrected chi connectivity index (χ2v) is 8.63. The van der Waals surface area contributed by atoms with Crippen molar-refractivity contribution in [2.24, 2.45) is 0 Å². The molecule has 1 atom stereocenters. The Morgan fingerprint density at radius 2 is 1.88 bits per heavy atom. The maximum atomic E-state index is 13.3. The van der Waals surface area contributed by atoms with Crippen molar-refractivity contribution in [3.8, 4) is 11.4 Å². The molecule has 5 rings (SSSR count). The monoisotopic (exact) mass is 432 g/mol. The maximum absolute atomic E-state index is 13.3. The third-order valence-electron chi connectivity index (χ3n) is 6.67. The lowest BCUT2D eigenvalue weighted by Crippen LogP contribution is -2.32. The summed E-state index contributed by atoms with van der Waals surface area (Å²) in [6.07, 6.45) is 1.50. The molecule has 0 spiro atoms. The Labute approximate surface area is 189 Å². The number of nitrogens with zero attached hydrogens (tertiary/aromatic N) is 2. The third kappa shape index (κ3) is 3.26. The van der Waals surface area contributed by atoms with Gasteiger partial charge >= 0.3 is 5.97 Å². The molecular weight excluding hydrogens is 400 g/mol. The molecule has 168 valence electrons. The van der Waals surface area contributed by atoms with E-state index in [1.807, 2.05) is 31.4 Å². The number of hydrogen-bond acceptors (Lipinski definition) is 4. The standard InChI is InChI=1S/C25H26N2O3.C2H6/c1-5-15-18-9-14(13(3)4)7-8-21(18)26-23-19(15)11-27-22(23)10-17-16(6-2)25(29)30-12-20(17)24(27)28;1-2/h7-10,13,16H,5-6,11-12H2,1-4H3;1-2H3/t16-;/m1./s1. The van der Waals surface area contributed by atoms with Crippen LogP contribution in [0.2, 0.25) is 0 Å². The number of cyclic esters (lactones) is 1. The zero-order valence-electron chi connectivity index (χ0n) is 19.9. The molecule has 3 aromatic rings. The zero-order valence-corrected chi connectivity index (χ0v) is 19.9. The molecule has 0 saturated carbocycles. The number of esters is 1. The Bertz CT molecular complexity index is 1270. The van der Waals surface area contributed by atoms with Crippen molar-refractivity contribution < 1.29 is 9.53 Å². The van der Waals surface area contributed by atoms with E-state index in [9.17, 15) is 9.59 Å². The molecule has 4 heterocycles. The van der Waals surface area contributed by atoms with Crippen molar-refractivity contribution in [3.05, 3.63) is 62.4 Å². The van der Waals surface area contributed by atoms with Gasteiger partial charge in [-0.3, -0.25) is 9.59 Å². The first-order chi connectivity index (χ1) is 15.4. The van der Waals surface area contributed by atoms with Crippen molar-refractivity contribution in [3.63, 3.8) is 0 Å². The number of ether oxygens (including phenoxy) is 1. The highest BCUT2D eigenvalue weighted by Crippen LogP contribution is 2.39. The average Bonchev–Trinajstić information content (AvgIpc) is 3.17. The van der Waals surface area contributed by atoms with Gasteiger partial charge in [0.2, 0.25) is 0 Å². The van der Waals surface area contributed by atoms with E-state index < -0.39 is 0 Å². The summed E-state index contributed by atoms with van der Waals surface area (Å²) in [4.78, 5) is 30.6. The van der Waals surface area contributed by atoms with Crippen molar-refractivity contribution in [2.45, 2.75) is 79.4 Å². The molecule has 0 N–H and O–H groups in total. The lowest BCUT2D eigenvalue weighted by molar-refractivity contribution is -0.148. The first-order valence-corrected chi connectivity index (χ1v) is 11.8. The number of pyridine rings is 2. The zero-order chi connectivity index (χ0) is 23.2. The fourth-order valence-corrected chi connectivity index (χ4v) is 4.96. The molecule has 2 aliphatic rings. The lowest BCUT2D eigenvalue weighted by atomic mass is 9.90. The minimum atomic E-state index is -0.379. The normalized spacial score (nSPS) is 16.2. The molecule has 5 nitrogen and oxygen atoms in total. The summed E-state index contributed by atoms with van der Waals surface area (Å²) >= 11 is 0. The summed E-state index contributed by atoms with van der Waals surface area (Å²) in [5, 5.41) is 1.18. The smallest absolute Gasteiger partial charge is 0.313 e. The molecule has 2 aliphatic heterocycles. The van der Waals surface area contributed by atoms with Gasteiger partial charge in [-0.2, -0.15) is 0 Å². The predicted octanol–water partition coefficient (Wildman–Crippen LogP) is 5.69. The van der Waals surface area contributed by atoms with E-state index in [-0.39, 0.29) is 24.1 Å². The van der Waals surface area contributed by atoms with Crippen LogP contribution in [0.15, 0.2) is 29.1 Å². The van der Waals surface area contributed by atoms with Crippen molar-refractivity contribution in [2.75, 3.05) is 0 Å².